The lowest BCUT2D eigenvalue weighted by Crippen LogP contribution is -2.45. The molecule has 2 atom stereocenters. The molecule has 0 saturated heterocycles. The van der Waals surface area contributed by atoms with E-state index in [0.717, 1.165) is 70.6 Å². The highest BCUT2D eigenvalue weighted by Gasteiger charge is 2.20. The van der Waals surface area contributed by atoms with Gasteiger partial charge in [-0.25, -0.2) is 0 Å². The van der Waals surface area contributed by atoms with Crippen molar-refractivity contribution < 1.29 is 15.0 Å². The first-order chi connectivity index (χ1) is 36.2. The Morgan fingerprint density at radius 2 is 0.603 bits per heavy atom. The highest BCUT2D eigenvalue weighted by Crippen LogP contribution is 2.18. The Hall–Kier alpha value is -2.43. The summed E-state index contributed by atoms with van der Waals surface area (Å²) in [5.74, 6) is -0.0294. The van der Waals surface area contributed by atoms with E-state index < -0.39 is 12.1 Å². The van der Waals surface area contributed by atoms with Crippen molar-refractivity contribution >= 4 is 5.91 Å². The number of aliphatic hydroxyl groups is 2. The lowest BCUT2D eigenvalue weighted by molar-refractivity contribution is -0.123. The van der Waals surface area contributed by atoms with E-state index in [1.165, 1.54) is 231 Å². The second kappa shape index (κ2) is 63.9. The van der Waals surface area contributed by atoms with Gasteiger partial charge in [0.1, 0.15) is 0 Å². The molecule has 4 heteroatoms. The standard InChI is InChI=1S/C69H125NO3/c1-3-5-7-9-11-13-15-17-19-21-23-25-27-29-30-31-32-33-34-35-36-37-38-39-40-41-43-45-47-49-51-53-55-57-59-61-63-65-69(73)70-67(66-71)68(72)64-62-60-58-56-54-52-50-48-46-44-42-28-26-24-22-20-18-16-14-12-10-8-6-4-2/h5,7,11,13,17,19,23,25,29-30,32-33,35-36,67-68,71-72H,3-4,6,8-10,12,14-16,18,20-22,24,26-28,31,34,37-66H2,1-2H3,(H,70,73)/b7-5-,13-11-,19-17-,25-23-,30-29-,33-32-,36-35-. The summed E-state index contributed by atoms with van der Waals surface area (Å²) in [4.78, 5) is 12.5. The summed E-state index contributed by atoms with van der Waals surface area (Å²) in [5.41, 5.74) is 0. The van der Waals surface area contributed by atoms with E-state index >= 15 is 0 Å². The zero-order valence-corrected chi connectivity index (χ0v) is 48.9. The minimum absolute atomic E-state index is 0.0294. The molecule has 0 aliphatic carbocycles. The summed E-state index contributed by atoms with van der Waals surface area (Å²) in [7, 11) is 0. The van der Waals surface area contributed by atoms with Crippen LogP contribution in [0.1, 0.15) is 328 Å². The predicted octanol–water partition coefficient (Wildman–Crippen LogP) is 21.9. The summed E-state index contributed by atoms with van der Waals surface area (Å²) in [6, 6.07) is -0.541. The summed E-state index contributed by atoms with van der Waals surface area (Å²) >= 11 is 0. The smallest absolute Gasteiger partial charge is 0.220 e. The van der Waals surface area contributed by atoms with Gasteiger partial charge in [0.25, 0.3) is 0 Å². The molecule has 424 valence electrons. The van der Waals surface area contributed by atoms with Gasteiger partial charge in [-0.15, -0.1) is 0 Å². The molecule has 73 heavy (non-hydrogen) atoms. The molecule has 1 amide bonds. The number of carbonyl (C=O) groups excluding carboxylic acids is 1. The van der Waals surface area contributed by atoms with Crippen LogP contribution in [0.3, 0.4) is 0 Å². The van der Waals surface area contributed by atoms with Crippen molar-refractivity contribution in [2.75, 3.05) is 6.61 Å². The molecule has 0 spiro atoms. The summed E-state index contributed by atoms with van der Waals surface area (Å²) in [5, 5.41) is 23.4. The number of rotatable bonds is 59. The van der Waals surface area contributed by atoms with E-state index in [1.807, 2.05) is 0 Å². The average Bonchev–Trinajstić information content (AvgIpc) is 3.40. The van der Waals surface area contributed by atoms with Gasteiger partial charge >= 0.3 is 0 Å². The molecule has 0 radical (unpaired) electrons. The Labute approximate surface area is 456 Å². The molecule has 0 aromatic heterocycles. The Kier molecular flexibility index (Phi) is 61.7. The van der Waals surface area contributed by atoms with Gasteiger partial charge in [0.05, 0.1) is 18.8 Å². The number of allylic oxidation sites excluding steroid dienone is 14. The molecule has 0 aliphatic heterocycles. The highest BCUT2D eigenvalue weighted by atomic mass is 16.3. The topological polar surface area (TPSA) is 69.6 Å². The number of aliphatic hydroxyl groups excluding tert-OH is 2. The number of hydrogen-bond acceptors (Lipinski definition) is 3. The molecular weight excluding hydrogens is 891 g/mol. The van der Waals surface area contributed by atoms with Gasteiger partial charge in [-0.1, -0.05) is 336 Å². The largest absolute Gasteiger partial charge is 0.394 e. The van der Waals surface area contributed by atoms with Crippen LogP contribution in [0.15, 0.2) is 85.1 Å². The van der Waals surface area contributed by atoms with Crippen molar-refractivity contribution in [3.8, 4) is 0 Å². The zero-order valence-electron chi connectivity index (χ0n) is 48.9. The molecule has 0 rings (SSSR count). The molecule has 0 aliphatic rings. The molecule has 0 fully saturated rings. The first-order valence-corrected chi connectivity index (χ1v) is 32.3. The summed E-state index contributed by atoms with van der Waals surface area (Å²) in [6.07, 6.45) is 93.2. The molecule has 3 N–H and O–H groups in total. The second-order valence-electron chi connectivity index (χ2n) is 21.8. The van der Waals surface area contributed by atoms with Crippen molar-refractivity contribution in [3.05, 3.63) is 85.1 Å². The van der Waals surface area contributed by atoms with Gasteiger partial charge < -0.3 is 15.5 Å². The monoisotopic (exact) mass is 1020 g/mol. The van der Waals surface area contributed by atoms with Gasteiger partial charge in [-0.05, 0) is 70.6 Å². The number of nitrogens with one attached hydrogen (secondary N) is 1. The van der Waals surface area contributed by atoms with Crippen molar-refractivity contribution in [3.63, 3.8) is 0 Å². The molecule has 4 nitrogen and oxygen atoms in total. The number of unbranched alkanes of at least 4 members (excludes halogenated alkanes) is 38. The first-order valence-electron chi connectivity index (χ1n) is 32.3. The highest BCUT2D eigenvalue weighted by molar-refractivity contribution is 5.76. The summed E-state index contributed by atoms with van der Waals surface area (Å²) in [6.45, 7) is 4.27. The SMILES string of the molecule is CC/C=C\C/C=C\C/C=C\C/C=C\C/C=C\C/C=C\C/C=C\CCCCCCCCCCCCCCCCCC(=O)NC(CO)C(O)CCCCCCCCCCCCCCCCCCCCCCCCCC. The van der Waals surface area contributed by atoms with Crippen molar-refractivity contribution in [2.45, 2.75) is 341 Å². The molecule has 2 unspecified atom stereocenters. The van der Waals surface area contributed by atoms with E-state index in [1.54, 1.807) is 0 Å². The van der Waals surface area contributed by atoms with Gasteiger partial charge in [0.2, 0.25) is 5.91 Å². The Morgan fingerprint density at radius 3 is 0.904 bits per heavy atom. The molecule has 0 saturated carbocycles. The van der Waals surface area contributed by atoms with Gasteiger partial charge in [0.15, 0.2) is 0 Å². The van der Waals surface area contributed by atoms with E-state index in [0.29, 0.717) is 12.8 Å². The molecule has 0 heterocycles. The van der Waals surface area contributed by atoms with Crippen LogP contribution in [0.5, 0.6) is 0 Å². The number of amides is 1. The lowest BCUT2D eigenvalue weighted by Gasteiger charge is -2.22. The Balaban J connectivity index is 3.47. The third-order valence-electron chi connectivity index (χ3n) is 14.7. The maximum Gasteiger partial charge on any atom is 0.220 e. The van der Waals surface area contributed by atoms with Crippen LogP contribution < -0.4 is 5.32 Å². The maximum atomic E-state index is 12.5. The van der Waals surface area contributed by atoms with Crippen LogP contribution in [0.25, 0.3) is 0 Å². The minimum Gasteiger partial charge on any atom is -0.394 e. The zero-order chi connectivity index (χ0) is 52.7. The fourth-order valence-corrected chi connectivity index (χ4v) is 9.82. The van der Waals surface area contributed by atoms with E-state index in [-0.39, 0.29) is 12.5 Å². The normalized spacial score (nSPS) is 13.3. The van der Waals surface area contributed by atoms with Crippen LogP contribution in [-0.2, 0) is 4.79 Å². The van der Waals surface area contributed by atoms with Crippen LogP contribution in [-0.4, -0.2) is 34.9 Å². The minimum atomic E-state index is -0.664. The Morgan fingerprint density at radius 1 is 0.342 bits per heavy atom. The maximum absolute atomic E-state index is 12.5. The van der Waals surface area contributed by atoms with Crippen LogP contribution in [0.2, 0.25) is 0 Å². The van der Waals surface area contributed by atoms with E-state index in [9.17, 15) is 15.0 Å². The number of hydrogen-bond donors (Lipinski definition) is 3. The number of carbonyl (C=O) groups is 1. The van der Waals surface area contributed by atoms with Crippen molar-refractivity contribution in [1.82, 2.24) is 5.32 Å². The molecular formula is C69H125NO3. The fourth-order valence-electron chi connectivity index (χ4n) is 9.82. The van der Waals surface area contributed by atoms with Crippen LogP contribution >= 0.6 is 0 Å². The Bertz CT molecular complexity index is 1290. The third-order valence-corrected chi connectivity index (χ3v) is 14.7. The quantitative estimate of drug-likeness (QED) is 0.0420. The van der Waals surface area contributed by atoms with Gasteiger partial charge in [-0.2, -0.15) is 0 Å². The van der Waals surface area contributed by atoms with Crippen LogP contribution in [0, 0.1) is 0 Å². The third kappa shape index (κ3) is 60.3. The van der Waals surface area contributed by atoms with Crippen molar-refractivity contribution in [1.29, 1.82) is 0 Å². The molecule has 0 bridgehead atoms. The van der Waals surface area contributed by atoms with Crippen LogP contribution in [0.4, 0.5) is 0 Å². The molecule has 0 aromatic rings. The average molecular weight is 1020 g/mol. The van der Waals surface area contributed by atoms with E-state index in [4.69, 9.17) is 0 Å². The second-order valence-corrected chi connectivity index (χ2v) is 21.8. The van der Waals surface area contributed by atoms with Gasteiger partial charge in [0, 0.05) is 6.42 Å². The van der Waals surface area contributed by atoms with Crippen molar-refractivity contribution in [2.24, 2.45) is 0 Å². The first kappa shape index (κ1) is 70.6. The predicted molar refractivity (Wildman–Crippen MR) is 327 cm³/mol. The fraction of sp³-hybridized carbons (Fsp3) is 0.783. The molecule has 0 aromatic carbocycles. The lowest BCUT2D eigenvalue weighted by atomic mass is 10.0. The van der Waals surface area contributed by atoms with Gasteiger partial charge in [-0.3, -0.25) is 4.79 Å². The summed E-state index contributed by atoms with van der Waals surface area (Å²) < 4.78 is 0. The van der Waals surface area contributed by atoms with E-state index in [2.05, 4.69) is 104 Å².